The molecule has 9 heteroatoms. The van der Waals surface area contributed by atoms with Crippen molar-refractivity contribution in [2.75, 3.05) is 19.7 Å². The zero-order valence-electron chi connectivity index (χ0n) is 12.8. The van der Waals surface area contributed by atoms with Crippen molar-refractivity contribution >= 4 is 16.9 Å². The van der Waals surface area contributed by atoms with Crippen molar-refractivity contribution in [1.82, 2.24) is 19.7 Å². The van der Waals surface area contributed by atoms with Crippen molar-refractivity contribution in [3.05, 3.63) is 23.5 Å². The topological polar surface area (TPSA) is 71.2 Å². The van der Waals surface area contributed by atoms with Crippen LogP contribution in [0, 0.1) is 17.8 Å². The number of likely N-dealkylation sites (tertiary alicyclic amines) is 1. The maximum atomic E-state index is 13.1. The van der Waals surface area contributed by atoms with Crippen LogP contribution in [0.4, 0.5) is 13.2 Å². The van der Waals surface area contributed by atoms with Crippen LogP contribution in [0.15, 0.2) is 12.3 Å². The largest absolute Gasteiger partial charge is 0.435 e. The summed E-state index contributed by atoms with van der Waals surface area (Å²) < 4.78 is 40.3. The minimum atomic E-state index is -4.60. The lowest BCUT2D eigenvalue weighted by atomic mass is 10.1. The van der Waals surface area contributed by atoms with Gasteiger partial charge >= 0.3 is 6.18 Å². The Balaban J connectivity index is 1.65. The highest BCUT2D eigenvalue weighted by atomic mass is 19.4. The van der Waals surface area contributed by atoms with E-state index < -0.39 is 11.9 Å². The molecule has 6 nitrogen and oxygen atoms in total. The maximum absolute atomic E-state index is 13.1. The van der Waals surface area contributed by atoms with Crippen LogP contribution >= 0.6 is 0 Å². The van der Waals surface area contributed by atoms with Crippen molar-refractivity contribution < 1.29 is 23.1 Å². The van der Waals surface area contributed by atoms with E-state index in [1.54, 1.807) is 4.90 Å². The van der Waals surface area contributed by atoms with E-state index in [2.05, 4.69) is 10.1 Å². The van der Waals surface area contributed by atoms with Crippen molar-refractivity contribution in [2.24, 2.45) is 24.8 Å². The summed E-state index contributed by atoms with van der Waals surface area (Å²) in [4.78, 5) is 18.1. The van der Waals surface area contributed by atoms with Gasteiger partial charge in [-0.15, -0.1) is 0 Å². The molecule has 0 spiro atoms. The monoisotopic (exact) mass is 340 g/mol. The van der Waals surface area contributed by atoms with E-state index in [1.165, 1.54) is 19.3 Å². The Hall–Kier alpha value is -2.16. The summed E-state index contributed by atoms with van der Waals surface area (Å²) in [7, 11) is 1.38. The number of fused-ring (bicyclic) bond motifs is 2. The Kier molecular flexibility index (Phi) is 3.15. The first-order chi connectivity index (χ1) is 11.3. The third-order valence-electron chi connectivity index (χ3n) is 5.06. The number of nitrogens with zero attached hydrogens (tertiary/aromatic N) is 4. The molecule has 1 aliphatic carbocycles. The number of carbonyl (C=O) groups excluding carboxylic acids is 1. The van der Waals surface area contributed by atoms with Crippen LogP contribution in [0.3, 0.4) is 0 Å². The van der Waals surface area contributed by atoms with Gasteiger partial charge in [-0.1, -0.05) is 0 Å². The molecule has 2 fully saturated rings. The molecular formula is C15H15F3N4O2. The fourth-order valence-corrected chi connectivity index (χ4v) is 3.74. The number of halogens is 3. The van der Waals surface area contributed by atoms with Gasteiger partial charge in [-0.3, -0.25) is 4.79 Å². The normalized spacial score (nSPS) is 26.0. The molecule has 1 aliphatic heterocycles. The van der Waals surface area contributed by atoms with E-state index in [9.17, 15) is 18.0 Å². The van der Waals surface area contributed by atoms with Crippen LogP contribution in [-0.4, -0.2) is 50.4 Å². The molecule has 2 aliphatic rings. The lowest BCUT2D eigenvalue weighted by Crippen LogP contribution is -2.32. The van der Waals surface area contributed by atoms with Crippen LogP contribution in [0.1, 0.15) is 16.1 Å². The number of hydrogen-bond donors (Lipinski definition) is 1. The SMILES string of the molecule is Cn1nc(C(F)(F)F)c2cc(C(=O)N3C[C@@H]4C(CO)[C@@H]4C3)cnc21. The first kappa shape index (κ1) is 15.4. The fraction of sp³-hybridized carbons (Fsp3) is 0.533. The highest BCUT2D eigenvalue weighted by Gasteiger charge is 2.56. The molecule has 0 radical (unpaired) electrons. The number of alkyl halides is 3. The average molecular weight is 340 g/mol. The summed E-state index contributed by atoms with van der Waals surface area (Å²) in [6, 6.07) is 1.22. The first-order valence-electron chi connectivity index (χ1n) is 7.61. The van der Waals surface area contributed by atoms with Crippen LogP contribution in [0.2, 0.25) is 0 Å². The summed E-state index contributed by atoms with van der Waals surface area (Å²) in [5.74, 6) is 0.537. The van der Waals surface area contributed by atoms with Crippen molar-refractivity contribution in [3.8, 4) is 0 Å². The summed E-state index contributed by atoms with van der Waals surface area (Å²) in [6.45, 7) is 1.19. The van der Waals surface area contributed by atoms with Gasteiger partial charge in [0.05, 0.1) is 10.9 Å². The molecule has 1 amide bonds. The minimum absolute atomic E-state index is 0.0866. The number of pyridine rings is 1. The molecule has 3 atom stereocenters. The van der Waals surface area contributed by atoms with Gasteiger partial charge in [-0.05, 0) is 23.8 Å². The number of aliphatic hydroxyl groups is 1. The van der Waals surface area contributed by atoms with Gasteiger partial charge in [0, 0.05) is 32.9 Å². The summed E-state index contributed by atoms with van der Waals surface area (Å²) >= 11 is 0. The third-order valence-corrected chi connectivity index (χ3v) is 5.06. The second-order valence-electron chi connectivity index (χ2n) is 6.45. The number of amides is 1. The molecule has 0 bridgehead atoms. The quantitative estimate of drug-likeness (QED) is 0.894. The van der Waals surface area contributed by atoms with E-state index in [-0.39, 0.29) is 35.0 Å². The number of aryl methyl sites for hydroxylation is 1. The smallest absolute Gasteiger partial charge is 0.396 e. The van der Waals surface area contributed by atoms with E-state index in [0.717, 1.165) is 4.68 Å². The van der Waals surface area contributed by atoms with Gasteiger partial charge in [0.25, 0.3) is 5.91 Å². The Morgan fingerprint density at radius 3 is 2.62 bits per heavy atom. The minimum Gasteiger partial charge on any atom is -0.396 e. The predicted octanol–water partition coefficient (Wildman–Crippen LogP) is 1.30. The first-order valence-corrected chi connectivity index (χ1v) is 7.61. The number of rotatable bonds is 2. The van der Waals surface area contributed by atoms with Crippen LogP contribution in [-0.2, 0) is 13.2 Å². The molecule has 1 saturated carbocycles. The Morgan fingerprint density at radius 1 is 1.38 bits per heavy atom. The molecule has 2 aromatic heterocycles. The summed E-state index contributed by atoms with van der Waals surface area (Å²) in [6.07, 6.45) is -3.31. The standard InChI is InChI=1S/C15H15F3N4O2/c1-21-13-8(12(20-21)15(16,17)18)2-7(3-19-13)14(24)22-4-9-10(5-22)11(9)6-23/h2-3,9-11,23H,4-6H2,1H3/t9-,10+,11?. The Morgan fingerprint density at radius 2 is 2.04 bits per heavy atom. The van der Waals surface area contributed by atoms with Crippen LogP contribution < -0.4 is 0 Å². The van der Waals surface area contributed by atoms with Gasteiger partial charge in [0.2, 0.25) is 0 Å². The average Bonchev–Trinajstić information content (AvgIpc) is 2.87. The Bertz CT molecular complexity index is 820. The molecule has 24 heavy (non-hydrogen) atoms. The molecule has 1 unspecified atom stereocenters. The van der Waals surface area contributed by atoms with Crippen molar-refractivity contribution in [3.63, 3.8) is 0 Å². The van der Waals surface area contributed by atoms with Gasteiger partial charge in [-0.25, -0.2) is 9.67 Å². The lowest BCUT2D eigenvalue weighted by molar-refractivity contribution is -0.140. The van der Waals surface area contributed by atoms with Gasteiger partial charge in [0.1, 0.15) is 0 Å². The van der Waals surface area contributed by atoms with Gasteiger partial charge < -0.3 is 10.0 Å². The number of hydrogen-bond acceptors (Lipinski definition) is 4. The second kappa shape index (κ2) is 4.92. The highest BCUT2D eigenvalue weighted by molar-refractivity contribution is 5.97. The molecule has 3 heterocycles. The number of piperidine rings is 1. The van der Waals surface area contributed by atoms with E-state index >= 15 is 0 Å². The maximum Gasteiger partial charge on any atom is 0.435 e. The zero-order chi connectivity index (χ0) is 17.2. The number of aliphatic hydroxyl groups excluding tert-OH is 1. The van der Waals surface area contributed by atoms with Gasteiger partial charge in [0.15, 0.2) is 11.3 Å². The third kappa shape index (κ3) is 2.18. The zero-order valence-corrected chi connectivity index (χ0v) is 12.8. The molecule has 1 N–H and O–H groups in total. The highest BCUT2D eigenvalue weighted by Crippen LogP contribution is 2.51. The summed E-state index contributed by atoms with van der Waals surface area (Å²) in [5.41, 5.74) is -0.821. The molecule has 0 aromatic carbocycles. The number of carbonyl (C=O) groups is 1. The fourth-order valence-electron chi connectivity index (χ4n) is 3.74. The van der Waals surface area contributed by atoms with Crippen molar-refractivity contribution in [2.45, 2.75) is 6.18 Å². The Labute approximate surface area is 134 Å². The molecular weight excluding hydrogens is 325 g/mol. The molecule has 2 aromatic rings. The predicted molar refractivity (Wildman–Crippen MR) is 77.0 cm³/mol. The van der Waals surface area contributed by atoms with Crippen LogP contribution in [0.5, 0.6) is 0 Å². The van der Waals surface area contributed by atoms with E-state index in [4.69, 9.17) is 5.11 Å². The molecule has 4 rings (SSSR count). The van der Waals surface area contributed by atoms with E-state index in [1.807, 2.05) is 0 Å². The van der Waals surface area contributed by atoms with Gasteiger partial charge in [-0.2, -0.15) is 18.3 Å². The molecule has 1 saturated heterocycles. The van der Waals surface area contributed by atoms with Crippen LogP contribution in [0.25, 0.3) is 11.0 Å². The second-order valence-corrected chi connectivity index (χ2v) is 6.45. The number of aromatic nitrogens is 3. The van der Waals surface area contributed by atoms with E-state index in [0.29, 0.717) is 24.9 Å². The summed E-state index contributed by atoms with van der Waals surface area (Å²) in [5, 5.41) is 12.5. The van der Waals surface area contributed by atoms with Crippen molar-refractivity contribution in [1.29, 1.82) is 0 Å². The molecule has 128 valence electrons. The lowest BCUT2D eigenvalue weighted by Gasteiger charge is -2.19.